The molecule has 0 aliphatic carbocycles. The Labute approximate surface area is 165 Å². The molecule has 1 fully saturated rings. The number of carbonyl (C=O) groups excluding carboxylic acids is 1. The monoisotopic (exact) mass is 429 g/mol. The van der Waals surface area contributed by atoms with Crippen LogP contribution in [-0.2, 0) is 24.2 Å². The molecule has 0 bridgehead atoms. The van der Waals surface area contributed by atoms with E-state index in [2.05, 4.69) is 15.5 Å². The summed E-state index contributed by atoms with van der Waals surface area (Å²) in [5, 5.41) is 8.72. The van der Waals surface area contributed by atoms with E-state index in [1.165, 1.54) is 29.5 Å². The van der Waals surface area contributed by atoms with E-state index in [1.54, 1.807) is 11.6 Å². The number of thiazole rings is 1. The standard InChI is InChI=1S/C16H16ClN3O5S2/c1-27(22,23)13-3-2-10(8-12(13)17)14(20-25-11-4-6-24-9-11)15(21)19-16-18-5-7-26-16/h2-3,5,7-8,11H,4,6,9H2,1H3,(H,18,19,21). The Hall–Kier alpha value is -2.01. The van der Waals surface area contributed by atoms with Crippen LogP contribution >= 0.6 is 22.9 Å². The maximum Gasteiger partial charge on any atom is 0.280 e. The minimum absolute atomic E-state index is 0.00560. The Kier molecular flexibility index (Phi) is 6.10. The molecule has 1 aliphatic rings. The molecule has 1 amide bonds. The first-order chi connectivity index (χ1) is 12.8. The Morgan fingerprint density at radius 3 is 2.89 bits per heavy atom. The molecule has 27 heavy (non-hydrogen) atoms. The Morgan fingerprint density at radius 2 is 2.30 bits per heavy atom. The fraction of sp³-hybridized carbons (Fsp3) is 0.312. The first-order valence-corrected chi connectivity index (χ1v) is 11.0. The quantitative estimate of drug-likeness (QED) is 0.558. The third kappa shape index (κ3) is 5.04. The lowest BCUT2D eigenvalue weighted by Crippen LogP contribution is -2.25. The Morgan fingerprint density at radius 1 is 1.48 bits per heavy atom. The molecule has 2 heterocycles. The van der Waals surface area contributed by atoms with E-state index in [4.69, 9.17) is 21.2 Å². The van der Waals surface area contributed by atoms with Gasteiger partial charge in [0, 0.05) is 29.8 Å². The number of oxime groups is 1. The number of hydrogen-bond acceptors (Lipinski definition) is 8. The van der Waals surface area contributed by atoms with Crippen molar-refractivity contribution in [3.8, 4) is 0 Å². The predicted octanol–water partition coefficient (Wildman–Crippen LogP) is 2.35. The van der Waals surface area contributed by atoms with Gasteiger partial charge in [-0.2, -0.15) is 0 Å². The number of carbonyl (C=O) groups is 1. The number of anilines is 1. The van der Waals surface area contributed by atoms with E-state index < -0.39 is 15.7 Å². The molecule has 1 atom stereocenters. The number of aromatic nitrogens is 1. The average molecular weight is 430 g/mol. The van der Waals surface area contributed by atoms with Gasteiger partial charge in [0.05, 0.1) is 23.1 Å². The molecule has 1 N–H and O–H groups in total. The molecule has 0 radical (unpaired) electrons. The lowest BCUT2D eigenvalue weighted by atomic mass is 10.1. The fourth-order valence-electron chi connectivity index (χ4n) is 2.34. The Balaban J connectivity index is 1.91. The second-order valence-electron chi connectivity index (χ2n) is 5.74. The van der Waals surface area contributed by atoms with Gasteiger partial charge in [-0.05, 0) is 12.1 Å². The molecule has 3 rings (SSSR count). The summed E-state index contributed by atoms with van der Waals surface area (Å²) < 4.78 is 28.7. The molecule has 1 aliphatic heterocycles. The molecule has 144 valence electrons. The van der Waals surface area contributed by atoms with Crippen LogP contribution in [-0.4, -0.2) is 50.6 Å². The molecule has 11 heteroatoms. The predicted molar refractivity (Wildman–Crippen MR) is 102 cm³/mol. The summed E-state index contributed by atoms with van der Waals surface area (Å²) in [5.41, 5.74) is 0.277. The molecular weight excluding hydrogens is 414 g/mol. The summed E-state index contributed by atoms with van der Waals surface area (Å²) in [7, 11) is -3.49. The van der Waals surface area contributed by atoms with Crippen molar-refractivity contribution in [3.05, 3.63) is 40.4 Å². The van der Waals surface area contributed by atoms with Crippen LogP contribution in [0.3, 0.4) is 0 Å². The van der Waals surface area contributed by atoms with Crippen LogP contribution in [0.1, 0.15) is 12.0 Å². The van der Waals surface area contributed by atoms with E-state index in [1.807, 2.05) is 0 Å². The summed E-state index contributed by atoms with van der Waals surface area (Å²) in [6, 6.07) is 4.15. The minimum Gasteiger partial charge on any atom is -0.389 e. The highest BCUT2D eigenvalue weighted by Crippen LogP contribution is 2.24. The summed E-state index contributed by atoms with van der Waals surface area (Å²) in [4.78, 5) is 22.1. The molecule has 0 saturated carbocycles. The summed E-state index contributed by atoms with van der Waals surface area (Å²) in [6.07, 6.45) is 3.03. The van der Waals surface area contributed by atoms with Crippen molar-refractivity contribution >= 4 is 49.5 Å². The van der Waals surface area contributed by atoms with Crippen LogP contribution in [0.25, 0.3) is 0 Å². The van der Waals surface area contributed by atoms with Gasteiger partial charge in [0.25, 0.3) is 5.91 Å². The van der Waals surface area contributed by atoms with Crippen LogP contribution < -0.4 is 5.32 Å². The van der Waals surface area contributed by atoms with Crippen molar-refractivity contribution in [2.45, 2.75) is 17.4 Å². The third-order valence-corrected chi connectivity index (χ3v) is 5.92. The van der Waals surface area contributed by atoms with Crippen LogP contribution in [0.15, 0.2) is 39.8 Å². The molecule has 1 saturated heterocycles. The van der Waals surface area contributed by atoms with Gasteiger partial charge in [-0.3, -0.25) is 10.1 Å². The highest BCUT2D eigenvalue weighted by Gasteiger charge is 2.22. The topological polar surface area (TPSA) is 107 Å². The zero-order chi connectivity index (χ0) is 19.4. The molecule has 1 aromatic heterocycles. The number of sulfone groups is 1. The molecule has 2 aromatic rings. The number of halogens is 1. The number of nitrogens with zero attached hydrogens (tertiary/aromatic N) is 2. The molecule has 1 aromatic carbocycles. The number of amides is 1. The largest absolute Gasteiger partial charge is 0.389 e. The summed E-state index contributed by atoms with van der Waals surface area (Å²) in [6.45, 7) is 0.953. The first-order valence-electron chi connectivity index (χ1n) is 7.87. The maximum absolute atomic E-state index is 12.7. The second kappa shape index (κ2) is 8.34. The van der Waals surface area contributed by atoms with E-state index in [0.29, 0.717) is 30.3 Å². The van der Waals surface area contributed by atoms with Crippen LogP contribution in [0.2, 0.25) is 5.02 Å². The van der Waals surface area contributed by atoms with Gasteiger partial charge >= 0.3 is 0 Å². The number of nitrogens with one attached hydrogen (secondary N) is 1. The van der Waals surface area contributed by atoms with Gasteiger partial charge in [0.1, 0.15) is 0 Å². The lowest BCUT2D eigenvalue weighted by Gasteiger charge is -2.11. The fourth-order valence-corrected chi connectivity index (χ4v) is 4.19. The van der Waals surface area contributed by atoms with Crippen molar-refractivity contribution in [3.63, 3.8) is 0 Å². The smallest absolute Gasteiger partial charge is 0.280 e. The van der Waals surface area contributed by atoms with Crippen molar-refractivity contribution in [2.75, 3.05) is 24.8 Å². The van der Waals surface area contributed by atoms with Crippen molar-refractivity contribution < 1.29 is 22.8 Å². The minimum atomic E-state index is -3.49. The van der Waals surface area contributed by atoms with E-state index >= 15 is 0 Å². The summed E-state index contributed by atoms with van der Waals surface area (Å²) >= 11 is 7.35. The van der Waals surface area contributed by atoms with E-state index in [-0.39, 0.29) is 21.7 Å². The number of hydrogen-bond donors (Lipinski definition) is 1. The van der Waals surface area contributed by atoms with Gasteiger partial charge in [-0.15, -0.1) is 11.3 Å². The molecular formula is C16H16ClN3O5S2. The first kappa shape index (κ1) is 19.7. The van der Waals surface area contributed by atoms with Crippen LogP contribution in [0, 0.1) is 0 Å². The van der Waals surface area contributed by atoms with Crippen molar-refractivity contribution in [1.29, 1.82) is 0 Å². The molecule has 0 spiro atoms. The highest BCUT2D eigenvalue weighted by molar-refractivity contribution is 7.90. The maximum atomic E-state index is 12.7. The zero-order valence-electron chi connectivity index (χ0n) is 14.2. The van der Waals surface area contributed by atoms with Gasteiger partial charge in [-0.25, -0.2) is 13.4 Å². The van der Waals surface area contributed by atoms with Crippen molar-refractivity contribution in [2.24, 2.45) is 5.16 Å². The number of benzene rings is 1. The Bertz CT molecular complexity index is 954. The summed E-state index contributed by atoms with van der Waals surface area (Å²) in [5.74, 6) is -0.549. The van der Waals surface area contributed by atoms with Gasteiger partial charge in [0.2, 0.25) is 0 Å². The van der Waals surface area contributed by atoms with Crippen molar-refractivity contribution in [1.82, 2.24) is 4.98 Å². The SMILES string of the molecule is CS(=O)(=O)c1ccc(C(=NOC2CCOC2)C(=O)Nc2nccs2)cc1Cl. The molecule has 1 unspecified atom stereocenters. The second-order valence-corrected chi connectivity index (χ2v) is 9.03. The van der Waals surface area contributed by atoms with Crippen LogP contribution in [0.5, 0.6) is 0 Å². The van der Waals surface area contributed by atoms with Crippen LogP contribution in [0.4, 0.5) is 5.13 Å². The van der Waals surface area contributed by atoms with E-state index in [9.17, 15) is 13.2 Å². The average Bonchev–Trinajstić information content (AvgIpc) is 3.27. The van der Waals surface area contributed by atoms with Gasteiger partial charge in [0.15, 0.2) is 26.8 Å². The lowest BCUT2D eigenvalue weighted by molar-refractivity contribution is -0.110. The van der Waals surface area contributed by atoms with Gasteiger partial charge in [-0.1, -0.05) is 22.8 Å². The normalized spacial score (nSPS) is 17.7. The number of ether oxygens (including phenoxy) is 1. The van der Waals surface area contributed by atoms with E-state index in [0.717, 1.165) is 6.26 Å². The zero-order valence-corrected chi connectivity index (χ0v) is 16.6. The molecule has 8 nitrogen and oxygen atoms in total. The van der Waals surface area contributed by atoms with Gasteiger partial charge < -0.3 is 9.57 Å². The third-order valence-electron chi connectivity index (χ3n) is 3.65. The number of rotatable bonds is 6. The highest BCUT2D eigenvalue weighted by atomic mass is 35.5.